The number of piperidine rings is 1. The summed E-state index contributed by atoms with van der Waals surface area (Å²) in [5, 5.41) is 3.69. The average molecular weight is 415 g/mol. The number of aromatic nitrogens is 2. The van der Waals surface area contributed by atoms with Crippen LogP contribution >= 0.6 is 11.6 Å². The number of amides is 1. The number of likely N-dealkylation sites (tertiary alicyclic amines) is 1. The highest BCUT2D eigenvalue weighted by Crippen LogP contribution is 2.27. The monoisotopic (exact) mass is 414 g/mol. The molecule has 1 N–H and O–H groups in total. The number of ether oxygens (including phenoxy) is 1. The molecule has 0 spiro atoms. The molecule has 3 heterocycles. The molecule has 0 aromatic carbocycles. The highest BCUT2D eigenvalue weighted by atomic mass is 35.5. The van der Waals surface area contributed by atoms with Crippen LogP contribution in [0.25, 0.3) is 0 Å². The minimum Gasteiger partial charge on any atom is -0.474 e. The first-order chi connectivity index (χ1) is 14.2. The number of carbonyl (C=O) groups excluding carboxylic acids is 1. The second kappa shape index (κ2) is 9.44. The zero-order chi connectivity index (χ0) is 20.1. The number of nitrogens with one attached hydrogen (secondary N) is 1. The Kier molecular flexibility index (Phi) is 6.49. The summed E-state index contributed by atoms with van der Waals surface area (Å²) >= 11 is 6.41. The van der Waals surface area contributed by atoms with Crippen LogP contribution in [0.15, 0.2) is 30.6 Å². The summed E-state index contributed by atoms with van der Waals surface area (Å²) in [5.41, 5.74) is 1.50. The van der Waals surface area contributed by atoms with Crippen molar-refractivity contribution < 1.29 is 9.53 Å². The van der Waals surface area contributed by atoms with E-state index in [0.717, 1.165) is 44.3 Å². The molecule has 1 aliphatic carbocycles. The first-order valence-corrected chi connectivity index (χ1v) is 10.9. The van der Waals surface area contributed by atoms with Crippen LogP contribution in [-0.4, -0.2) is 40.0 Å². The third-order valence-corrected chi connectivity index (χ3v) is 5.90. The third-order valence-electron chi connectivity index (χ3n) is 5.61. The summed E-state index contributed by atoms with van der Waals surface area (Å²) in [6.07, 6.45) is 11.5. The van der Waals surface area contributed by atoms with Crippen molar-refractivity contribution in [2.75, 3.05) is 18.4 Å². The number of anilines is 1. The predicted octanol–water partition coefficient (Wildman–Crippen LogP) is 4.69. The topological polar surface area (TPSA) is 67.3 Å². The molecule has 0 atom stereocenters. The lowest BCUT2D eigenvalue weighted by Gasteiger charge is -2.26. The maximum absolute atomic E-state index is 12.6. The molecule has 2 fully saturated rings. The molecule has 6 nitrogen and oxygen atoms in total. The van der Waals surface area contributed by atoms with Crippen molar-refractivity contribution in [3.8, 4) is 5.88 Å². The molecule has 2 aliphatic rings. The van der Waals surface area contributed by atoms with E-state index in [2.05, 4.69) is 15.3 Å². The second-order valence-electron chi connectivity index (χ2n) is 7.75. The van der Waals surface area contributed by atoms with Gasteiger partial charge in [-0.05, 0) is 57.1 Å². The first-order valence-electron chi connectivity index (χ1n) is 10.5. The summed E-state index contributed by atoms with van der Waals surface area (Å²) in [7, 11) is 0. The van der Waals surface area contributed by atoms with Gasteiger partial charge in [-0.1, -0.05) is 17.7 Å². The van der Waals surface area contributed by atoms with Gasteiger partial charge in [0, 0.05) is 37.6 Å². The number of hydrogen-bond donors (Lipinski definition) is 1. The number of halogens is 1. The zero-order valence-electron chi connectivity index (χ0n) is 16.6. The molecule has 154 valence electrons. The summed E-state index contributed by atoms with van der Waals surface area (Å²) in [4.78, 5) is 23.3. The average Bonchev–Trinajstić information content (AvgIpc) is 3.27. The van der Waals surface area contributed by atoms with E-state index in [9.17, 15) is 4.79 Å². The quantitative estimate of drug-likeness (QED) is 0.742. The molecule has 2 aromatic heterocycles. The van der Waals surface area contributed by atoms with Gasteiger partial charge < -0.3 is 15.0 Å². The Labute approximate surface area is 176 Å². The minimum atomic E-state index is 0.00478. The maximum atomic E-state index is 12.6. The van der Waals surface area contributed by atoms with Crippen LogP contribution in [0.1, 0.15) is 60.9 Å². The second-order valence-corrected chi connectivity index (χ2v) is 8.16. The Morgan fingerprint density at radius 2 is 1.97 bits per heavy atom. The number of nitrogens with zero attached hydrogens (tertiary/aromatic N) is 3. The summed E-state index contributed by atoms with van der Waals surface area (Å²) in [6.45, 7) is 2.12. The zero-order valence-corrected chi connectivity index (χ0v) is 17.3. The van der Waals surface area contributed by atoms with Crippen molar-refractivity contribution in [3.63, 3.8) is 0 Å². The van der Waals surface area contributed by atoms with Gasteiger partial charge >= 0.3 is 0 Å². The van der Waals surface area contributed by atoms with Gasteiger partial charge in [-0.15, -0.1) is 0 Å². The summed E-state index contributed by atoms with van der Waals surface area (Å²) in [6, 6.07) is 5.59. The van der Waals surface area contributed by atoms with Crippen LogP contribution in [0.3, 0.4) is 0 Å². The van der Waals surface area contributed by atoms with Gasteiger partial charge in [-0.2, -0.15) is 0 Å². The molecule has 2 aromatic rings. The standard InChI is InChI=1S/C22H27ClN4O2/c23-19-13-17(22(28)27-11-4-1-5-12-27)15-26-20(19)25-14-16-7-6-10-24-21(16)29-18-8-2-3-9-18/h6-7,10,13,15,18H,1-5,8-9,11-12,14H2,(H,25,26). The molecule has 1 amide bonds. The van der Waals surface area contributed by atoms with Gasteiger partial charge in [0.15, 0.2) is 0 Å². The molecule has 29 heavy (non-hydrogen) atoms. The molecular weight excluding hydrogens is 388 g/mol. The lowest BCUT2D eigenvalue weighted by Crippen LogP contribution is -2.35. The van der Waals surface area contributed by atoms with E-state index in [0.29, 0.717) is 28.8 Å². The first kappa shape index (κ1) is 20.0. The van der Waals surface area contributed by atoms with Gasteiger partial charge in [0.05, 0.1) is 10.6 Å². The number of hydrogen-bond acceptors (Lipinski definition) is 5. The van der Waals surface area contributed by atoms with Crippen LogP contribution in [-0.2, 0) is 6.54 Å². The highest BCUT2D eigenvalue weighted by molar-refractivity contribution is 6.33. The normalized spacial score (nSPS) is 17.3. The van der Waals surface area contributed by atoms with Crippen molar-refractivity contribution in [2.24, 2.45) is 0 Å². The fourth-order valence-electron chi connectivity index (χ4n) is 3.97. The number of carbonyl (C=O) groups is 1. The Morgan fingerprint density at radius 1 is 1.17 bits per heavy atom. The minimum absolute atomic E-state index is 0.00478. The van der Waals surface area contributed by atoms with Crippen molar-refractivity contribution in [2.45, 2.75) is 57.6 Å². The lowest BCUT2D eigenvalue weighted by atomic mass is 10.1. The van der Waals surface area contributed by atoms with Crippen LogP contribution in [0, 0.1) is 0 Å². The van der Waals surface area contributed by atoms with Gasteiger partial charge in [0.1, 0.15) is 11.9 Å². The summed E-state index contributed by atoms with van der Waals surface area (Å²) in [5.74, 6) is 1.22. The van der Waals surface area contributed by atoms with E-state index in [1.165, 1.54) is 19.3 Å². The van der Waals surface area contributed by atoms with Gasteiger partial charge in [0.25, 0.3) is 5.91 Å². The van der Waals surface area contributed by atoms with Crippen LogP contribution in [0.5, 0.6) is 5.88 Å². The fourth-order valence-corrected chi connectivity index (χ4v) is 4.21. The fraction of sp³-hybridized carbons (Fsp3) is 0.500. The van der Waals surface area contributed by atoms with Gasteiger partial charge in [-0.3, -0.25) is 4.79 Å². The molecule has 7 heteroatoms. The SMILES string of the molecule is O=C(c1cnc(NCc2cccnc2OC2CCCC2)c(Cl)c1)N1CCCCC1. The van der Waals surface area contributed by atoms with Crippen molar-refractivity contribution in [1.29, 1.82) is 0 Å². The molecule has 1 saturated carbocycles. The Balaban J connectivity index is 1.40. The molecule has 1 aliphatic heterocycles. The highest BCUT2D eigenvalue weighted by Gasteiger charge is 2.20. The van der Waals surface area contributed by atoms with Crippen molar-refractivity contribution in [3.05, 3.63) is 46.7 Å². The molecule has 4 rings (SSSR count). The van der Waals surface area contributed by atoms with Crippen LogP contribution in [0.2, 0.25) is 5.02 Å². The third kappa shape index (κ3) is 4.99. The predicted molar refractivity (Wildman–Crippen MR) is 113 cm³/mol. The van der Waals surface area contributed by atoms with Gasteiger partial charge in [0.2, 0.25) is 5.88 Å². The Morgan fingerprint density at radius 3 is 2.72 bits per heavy atom. The summed E-state index contributed by atoms with van der Waals surface area (Å²) < 4.78 is 6.09. The van der Waals surface area contributed by atoms with Crippen molar-refractivity contribution in [1.82, 2.24) is 14.9 Å². The van der Waals surface area contributed by atoms with E-state index in [-0.39, 0.29) is 12.0 Å². The van der Waals surface area contributed by atoms with E-state index < -0.39 is 0 Å². The number of rotatable bonds is 6. The molecule has 0 unspecified atom stereocenters. The van der Waals surface area contributed by atoms with E-state index in [4.69, 9.17) is 16.3 Å². The van der Waals surface area contributed by atoms with E-state index >= 15 is 0 Å². The lowest BCUT2D eigenvalue weighted by molar-refractivity contribution is 0.0724. The van der Waals surface area contributed by atoms with Crippen LogP contribution in [0.4, 0.5) is 5.82 Å². The largest absolute Gasteiger partial charge is 0.474 e. The van der Waals surface area contributed by atoms with Crippen LogP contribution < -0.4 is 10.1 Å². The number of pyridine rings is 2. The maximum Gasteiger partial charge on any atom is 0.255 e. The van der Waals surface area contributed by atoms with E-state index in [1.54, 1.807) is 18.5 Å². The Hall–Kier alpha value is -2.34. The van der Waals surface area contributed by atoms with E-state index in [1.807, 2.05) is 17.0 Å². The Bertz CT molecular complexity index is 848. The molecule has 0 radical (unpaired) electrons. The molecule has 1 saturated heterocycles. The van der Waals surface area contributed by atoms with Gasteiger partial charge in [-0.25, -0.2) is 9.97 Å². The molecular formula is C22H27ClN4O2. The van der Waals surface area contributed by atoms with Crippen molar-refractivity contribution >= 4 is 23.3 Å². The smallest absolute Gasteiger partial charge is 0.255 e. The molecule has 0 bridgehead atoms.